The molecule has 2 rings (SSSR count). The molecular weight excluding hydrogens is 236 g/mol. The Bertz CT molecular complexity index is 525. The molecule has 0 unspecified atom stereocenters. The van der Waals surface area contributed by atoms with E-state index in [2.05, 4.69) is 45.7 Å². The van der Waals surface area contributed by atoms with Gasteiger partial charge in [0.1, 0.15) is 11.6 Å². The zero-order chi connectivity index (χ0) is 13.5. The Balaban J connectivity index is 2.14. The zero-order valence-corrected chi connectivity index (χ0v) is 11.5. The molecule has 19 heavy (non-hydrogen) atoms. The smallest absolute Gasteiger partial charge is 0.134 e. The Kier molecular flexibility index (Phi) is 4.86. The van der Waals surface area contributed by atoms with Crippen molar-refractivity contribution in [1.29, 1.82) is 0 Å². The first-order valence-corrected chi connectivity index (χ1v) is 6.65. The first-order chi connectivity index (χ1) is 9.33. The highest BCUT2D eigenvalue weighted by atomic mass is 15.0. The van der Waals surface area contributed by atoms with Crippen molar-refractivity contribution in [1.82, 2.24) is 15.3 Å². The molecule has 1 aromatic carbocycles. The lowest BCUT2D eigenvalue weighted by Gasteiger charge is -2.10. The molecule has 0 atom stereocenters. The van der Waals surface area contributed by atoms with Crippen molar-refractivity contribution in [2.75, 3.05) is 18.9 Å². The molecule has 0 saturated carbocycles. The molecule has 2 N–H and O–H groups in total. The Morgan fingerprint density at radius 1 is 1.16 bits per heavy atom. The van der Waals surface area contributed by atoms with E-state index in [0.29, 0.717) is 0 Å². The van der Waals surface area contributed by atoms with Gasteiger partial charge in [0.15, 0.2) is 0 Å². The number of rotatable bonds is 6. The van der Waals surface area contributed by atoms with E-state index in [4.69, 9.17) is 0 Å². The number of nitrogens with one attached hydrogen (secondary N) is 2. The molecule has 0 spiro atoms. The SMILES string of the molecule is CCc1ccccc1Nc1ccnc(CCNC)n1. The molecule has 0 aliphatic heterocycles. The van der Waals surface area contributed by atoms with Crippen LogP contribution in [0.15, 0.2) is 36.5 Å². The van der Waals surface area contributed by atoms with Crippen LogP contribution >= 0.6 is 0 Å². The van der Waals surface area contributed by atoms with Crippen LogP contribution in [0.4, 0.5) is 11.5 Å². The Morgan fingerprint density at radius 2 is 2.00 bits per heavy atom. The monoisotopic (exact) mass is 256 g/mol. The fourth-order valence-electron chi connectivity index (χ4n) is 1.91. The van der Waals surface area contributed by atoms with E-state index in [0.717, 1.165) is 36.7 Å². The van der Waals surface area contributed by atoms with E-state index in [1.165, 1.54) is 5.56 Å². The minimum Gasteiger partial charge on any atom is -0.340 e. The van der Waals surface area contributed by atoms with E-state index in [1.54, 1.807) is 6.20 Å². The third-order valence-electron chi connectivity index (χ3n) is 2.97. The van der Waals surface area contributed by atoms with E-state index >= 15 is 0 Å². The highest BCUT2D eigenvalue weighted by molar-refractivity contribution is 5.60. The summed E-state index contributed by atoms with van der Waals surface area (Å²) in [5.74, 6) is 1.70. The van der Waals surface area contributed by atoms with Crippen molar-refractivity contribution in [2.45, 2.75) is 19.8 Å². The second-order valence-corrected chi connectivity index (χ2v) is 4.35. The average molecular weight is 256 g/mol. The van der Waals surface area contributed by atoms with Crippen molar-refractivity contribution < 1.29 is 0 Å². The van der Waals surface area contributed by atoms with Crippen LogP contribution in [0.1, 0.15) is 18.3 Å². The maximum absolute atomic E-state index is 4.52. The summed E-state index contributed by atoms with van der Waals surface area (Å²) < 4.78 is 0. The number of benzene rings is 1. The number of aryl methyl sites for hydroxylation is 1. The zero-order valence-electron chi connectivity index (χ0n) is 11.5. The Morgan fingerprint density at radius 3 is 2.79 bits per heavy atom. The fraction of sp³-hybridized carbons (Fsp3) is 0.333. The van der Waals surface area contributed by atoms with Crippen molar-refractivity contribution in [2.24, 2.45) is 0 Å². The van der Waals surface area contributed by atoms with Gasteiger partial charge < -0.3 is 10.6 Å². The summed E-state index contributed by atoms with van der Waals surface area (Å²) >= 11 is 0. The molecule has 0 radical (unpaired) electrons. The maximum atomic E-state index is 4.52. The molecule has 0 saturated heterocycles. The topological polar surface area (TPSA) is 49.8 Å². The van der Waals surface area contributed by atoms with Gasteiger partial charge in [-0.05, 0) is 31.2 Å². The van der Waals surface area contributed by atoms with Gasteiger partial charge in [0, 0.05) is 24.8 Å². The van der Waals surface area contributed by atoms with Gasteiger partial charge in [-0.25, -0.2) is 9.97 Å². The average Bonchev–Trinajstić information content (AvgIpc) is 2.46. The van der Waals surface area contributed by atoms with E-state index in [-0.39, 0.29) is 0 Å². The van der Waals surface area contributed by atoms with Gasteiger partial charge in [-0.15, -0.1) is 0 Å². The van der Waals surface area contributed by atoms with Crippen molar-refractivity contribution in [3.05, 3.63) is 47.9 Å². The lowest BCUT2D eigenvalue weighted by Crippen LogP contribution is -2.12. The number of para-hydroxylation sites is 1. The highest BCUT2D eigenvalue weighted by Crippen LogP contribution is 2.19. The van der Waals surface area contributed by atoms with Gasteiger partial charge in [0.2, 0.25) is 0 Å². The summed E-state index contributed by atoms with van der Waals surface area (Å²) in [5, 5.41) is 6.47. The van der Waals surface area contributed by atoms with Crippen LogP contribution in [0.2, 0.25) is 0 Å². The standard InChI is InChI=1S/C15H20N4/c1-3-12-6-4-5-7-13(12)18-15-9-11-17-14(19-15)8-10-16-2/h4-7,9,11,16H,3,8,10H2,1-2H3,(H,17,18,19). The van der Waals surface area contributed by atoms with Gasteiger partial charge in [0.25, 0.3) is 0 Å². The second kappa shape index (κ2) is 6.85. The third kappa shape index (κ3) is 3.76. The van der Waals surface area contributed by atoms with Gasteiger partial charge >= 0.3 is 0 Å². The van der Waals surface area contributed by atoms with Gasteiger partial charge in [0.05, 0.1) is 0 Å². The molecule has 0 fully saturated rings. The van der Waals surface area contributed by atoms with Gasteiger partial charge in [-0.3, -0.25) is 0 Å². The number of hydrogen-bond acceptors (Lipinski definition) is 4. The largest absolute Gasteiger partial charge is 0.340 e. The summed E-state index contributed by atoms with van der Waals surface area (Å²) in [6.07, 6.45) is 3.64. The Hall–Kier alpha value is -1.94. The first-order valence-electron chi connectivity index (χ1n) is 6.65. The summed E-state index contributed by atoms with van der Waals surface area (Å²) in [4.78, 5) is 8.79. The van der Waals surface area contributed by atoms with E-state index in [1.807, 2.05) is 19.2 Å². The van der Waals surface area contributed by atoms with Crippen LogP contribution < -0.4 is 10.6 Å². The Labute approximate surface area is 114 Å². The number of likely N-dealkylation sites (N-methyl/N-ethyl adjacent to an activating group) is 1. The molecule has 1 heterocycles. The van der Waals surface area contributed by atoms with Crippen molar-refractivity contribution in [3.8, 4) is 0 Å². The first kappa shape index (κ1) is 13.5. The fourth-order valence-corrected chi connectivity index (χ4v) is 1.91. The number of hydrogen-bond donors (Lipinski definition) is 2. The van der Waals surface area contributed by atoms with E-state index < -0.39 is 0 Å². The highest BCUT2D eigenvalue weighted by Gasteiger charge is 2.02. The molecule has 100 valence electrons. The molecular formula is C15H20N4. The lowest BCUT2D eigenvalue weighted by atomic mass is 10.1. The molecule has 4 nitrogen and oxygen atoms in total. The van der Waals surface area contributed by atoms with Crippen LogP contribution in [-0.2, 0) is 12.8 Å². The summed E-state index contributed by atoms with van der Waals surface area (Å²) in [6, 6.07) is 10.2. The summed E-state index contributed by atoms with van der Waals surface area (Å²) in [6.45, 7) is 3.04. The third-order valence-corrected chi connectivity index (χ3v) is 2.97. The molecule has 4 heteroatoms. The van der Waals surface area contributed by atoms with Crippen molar-refractivity contribution >= 4 is 11.5 Å². The molecule has 0 bridgehead atoms. The second-order valence-electron chi connectivity index (χ2n) is 4.35. The number of nitrogens with zero attached hydrogens (tertiary/aromatic N) is 2. The van der Waals surface area contributed by atoms with Crippen LogP contribution in [-0.4, -0.2) is 23.6 Å². The minimum absolute atomic E-state index is 0.835. The molecule has 0 amide bonds. The quantitative estimate of drug-likeness (QED) is 0.834. The normalized spacial score (nSPS) is 10.4. The van der Waals surface area contributed by atoms with Gasteiger partial charge in [-0.2, -0.15) is 0 Å². The maximum Gasteiger partial charge on any atom is 0.134 e. The van der Waals surface area contributed by atoms with Crippen LogP contribution in [0, 0.1) is 0 Å². The van der Waals surface area contributed by atoms with E-state index in [9.17, 15) is 0 Å². The van der Waals surface area contributed by atoms with Crippen molar-refractivity contribution in [3.63, 3.8) is 0 Å². The van der Waals surface area contributed by atoms with Gasteiger partial charge in [-0.1, -0.05) is 25.1 Å². The number of anilines is 2. The molecule has 2 aromatic rings. The predicted molar refractivity (Wildman–Crippen MR) is 78.8 cm³/mol. The summed E-state index contributed by atoms with van der Waals surface area (Å²) in [7, 11) is 1.93. The van der Waals surface area contributed by atoms with Crippen LogP contribution in [0.3, 0.4) is 0 Å². The molecule has 0 aliphatic rings. The lowest BCUT2D eigenvalue weighted by molar-refractivity contribution is 0.756. The van der Waals surface area contributed by atoms with Crippen LogP contribution in [0.25, 0.3) is 0 Å². The number of aromatic nitrogens is 2. The van der Waals surface area contributed by atoms with Crippen LogP contribution in [0.5, 0.6) is 0 Å². The minimum atomic E-state index is 0.835. The predicted octanol–water partition coefficient (Wildman–Crippen LogP) is 2.54. The summed E-state index contributed by atoms with van der Waals surface area (Å²) in [5.41, 5.74) is 2.40. The molecule has 0 aliphatic carbocycles. The molecule has 1 aromatic heterocycles.